The van der Waals surface area contributed by atoms with E-state index < -0.39 is 0 Å². The standard InChI is InChI=1S/C16H36N.C14H22B.2H2O/c1-5-9-13-17(14-10-6-2,15-11-7-3)16-12-8-4;1-5-6-11-15-13-10-8-7-9-12(13)14(2,3)4;;/h5-16H2,1-4H3;7-10H,5-6,11H2,1-4H3;2*1H2/q2*+1;;/p-2. The Hall–Kier alpha value is -0.835. The molecular formula is C30H60BNO2. The Morgan fingerprint density at radius 2 is 1.00 bits per heavy atom. The van der Waals surface area contributed by atoms with Crippen molar-refractivity contribution in [1.29, 1.82) is 0 Å². The molecule has 0 unspecified atom stereocenters. The van der Waals surface area contributed by atoms with Gasteiger partial charge in [0.2, 0.25) is 0 Å². The van der Waals surface area contributed by atoms with Crippen LogP contribution in [0.3, 0.4) is 0 Å². The molecule has 3 nitrogen and oxygen atoms in total. The summed E-state index contributed by atoms with van der Waals surface area (Å²) in [5.41, 5.74) is 3.12. The van der Waals surface area contributed by atoms with Crippen LogP contribution in [0.15, 0.2) is 24.3 Å². The van der Waals surface area contributed by atoms with Gasteiger partial charge in [-0.05, 0) is 25.7 Å². The van der Waals surface area contributed by atoms with Crippen molar-refractivity contribution >= 4 is 12.7 Å². The second-order valence-corrected chi connectivity index (χ2v) is 10.8. The Bertz CT molecular complexity index is 519. The zero-order chi connectivity index (χ0) is 24.3. The minimum atomic E-state index is 0. The van der Waals surface area contributed by atoms with Crippen LogP contribution in [0.5, 0.6) is 0 Å². The van der Waals surface area contributed by atoms with Gasteiger partial charge in [-0.1, -0.05) is 53.4 Å². The van der Waals surface area contributed by atoms with Crippen LogP contribution in [0, 0.1) is 0 Å². The molecule has 4 heteroatoms. The molecule has 0 saturated heterocycles. The van der Waals surface area contributed by atoms with Crippen molar-refractivity contribution in [3.05, 3.63) is 29.8 Å². The number of nitrogens with zero attached hydrogens (tertiary/aromatic N) is 1. The summed E-state index contributed by atoms with van der Waals surface area (Å²) in [5, 5.41) is 0. The van der Waals surface area contributed by atoms with Gasteiger partial charge in [-0.15, -0.1) is 0 Å². The molecule has 1 rings (SSSR count). The molecule has 0 amide bonds. The largest absolute Gasteiger partial charge is 0.870 e. The van der Waals surface area contributed by atoms with Crippen LogP contribution < -0.4 is 5.46 Å². The average molecular weight is 478 g/mol. The summed E-state index contributed by atoms with van der Waals surface area (Å²) in [5.74, 6) is 0. The molecule has 0 aromatic heterocycles. The molecule has 0 aliphatic rings. The number of unbranched alkanes of at least 4 members (excludes halogenated alkanes) is 5. The molecule has 0 radical (unpaired) electrons. The second kappa shape index (κ2) is 22.6. The van der Waals surface area contributed by atoms with E-state index in [0.29, 0.717) is 0 Å². The van der Waals surface area contributed by atoms with Gasteiger partial charge in [-0.25, -0.2) is 0 Å². The van der Waals surface area contributed by atoms with Gasteiger partial charge in [0.15, 0.2) is 0 Å². The van der Waals surface area contributed by atoms with Crippen LogP contribution in [-0.4, -0.2) is 48.9 Å². The van der Waals surface area contributed by atoms with E-state index in [1.54, 1.807) is 0 Å². The van der Waals surface area contributed by atoms with Crippen molar-refractivity contribution in [1.82, 2.24) is 0 Å². The molecule has 0 atom stereocenters. The maximum atomic E-state index is 2.38. The maximum absolute atomic E-state index is 2.38. The molecule has 0 fully saturated rings. The Balaban J connectivity index is -0.000000537. The van der Waals surface area contributed by atoms with Crippen molar-refractivity contribution in [3.8, 4) is 0 Å². The molecule has 0 heterocycles. The van der Waals surface area contributed by atoms with E-state index in [-0.39, 0.29) is 16.4 Å². The first kappa shape index (κ1) is 37.7. The number of rotatable bonds is 16. The molecule has 0 spiro atoms. The van der Waals surface area contributed by atoms with Crippen molar-refractivity contribution in [2.45, 2.75) is 131 Å². The van der Waals surface area contributed by atoms with E-state index in [9.17, 15) is 0 Å². The van der Waals surface area contributed by atoms with Gasteiger partial charge in [-0.3, -0.25) is 0 Å². The summed E-state index contributed by atoms with van der Waals surface area (Å²) in [4.78, 5) is 0. The first-order valence-corrected chi connectivity index (χ1v) is 14.1. The SMILES string of the molecule is CCCC[B+]c1ccccc1C(C)(C)C.CCCC[N+](CCCC)(CCCC)CCCC.[OH-].[OH-]. The molecule has 34 heavy (non-hydrogen) atoms. The predicted octanol–water partition coefficient (Wildman–Crippen LogP) is 8.18. The van der Waals surface area contributed by atoms with Crippen LogP contribution in [0.1, 0.15) is 125 Å². The third-order valence-corrected chi connectivity index (χ3v) is 6.63. The number of benzene rings is 1. The Labute approximate surface area is 215 Å². The minimum absolute atomic E-state index is 0. The van der Waals surface area contributed by atoms with E-state index in [1.807, 2.05) is 0 Å². The van der Waals surface area contributed by atoms with Crippen molar-refractivity contribution < 1.29 is 15.4 Å². The summed E-state index contributed by atoms with van der Waals surface area (Å²) >= 11 is 0. The zero-order valence-corrected chi connectivity index (χ0v) is 24.3. The molecule has 200 valence electrons. The second-order valence-electron chi connectivity index (χ2n) is 10.8. The van der Waals surface area contributed by atoms with Gasteiger partial charge < -0.3 is 15.4 Å². The van der Waals surface area contributed by atoms with Crippen LogP contribution >= 0.6 is 0 Å². The number of hydrogen-bond acceptors (Lipinski definition) is 2. The van der Waals surface area contributed by atoms with Crippen molar-refractivity contribution in [2.75, 3.05) is 26.2 Å². The topological polar surface area (TPSA) is 60.0 Å². The van der Waals surface area contributed by atoms with E-state index in [1.165, 1.54) is 112 Å². The van der Waals surface area contributed by atoms with Crippen LogP contribution in [-0.2, 0) is 5.41 Å². The van der Waals surface area contributed by atoms with E-state index in [0.717, 1.165) is 0 Å². The monoisotopic (exact) mass is 477 g/mol. The fourth-order valence-corrected chi connectivity index (χ4v) is 4.46. The van der Waals surface area contributed by atoms with Crippen molar-refractivity contribution in [2.24, 2.45) is 0 Å². The van der Waals surface area contributed by atoms with Crippen molar-refractivity contribution in [3.63, 3.8) is 0 Å². The predicted molar refractivity (Wildman–Crippen MR) is 153 cm³/mol. The van der Waals surface area contributed by atoms with Gasteiger partial charge >= 0.3 is 94.8 Å². The molecule has 2 N–H and O–H groups in total. The smallest absolute Gasteiger partial charge is 0.0786 e. The Kier molecular flexibility index (Phi) is 25.1. The van der Waals surface area contributed by atoms with Gasteiger partial charge in [0.25, 0.3) is 0 Å². The molecule has 1 aromatic carbocycles. The number of quaternary nitrogens is 1. The van der Waals surface area contributed by atoms with Gasteiger partial charge in [0.1, 0.15) is 0 Å². The van der Waals surface area contributed by atoms with Crippen LogP contribution in [0.25, 0.3) is 0 Å². The van der Waals surface area contributed by atoms with E-state index in [4.69, 9.17) is 0 Å². The number of hydrogen-bond donors (Lipinski definition) is 0. The molecule has 0 saturated carbocycles. The van der Waals surface area contributed by atoms with Crippen LogP contribution in [0.4, 0.5) is 0 Å². The minimum Gasteiger partial charge on any atom is -0.870 e. The summed E-state index contributed by atoms with van der Waals surface area (Å²) in [6, 6.07) is 8.75. The molecule has 0 aliphatic heterocycles. The van der Waals surface area contributed by atoms with E-state index >= 15 is 0 Å². The Morgan fingerprint density at radius 3 is 1.35 bits per heavy atom. The fraction of sp³-hybridized carbons (Fsp3) is 0.800. The zero-order valence-electron chi connectivity index (χ0n) is 24.3. The molecular weight excluding hydrogens is 417 g/mol. The first-order valence-electron chi connectivity index (χ1n) is 14.1. The average Bonchev–Trinajstić information content (AvgIpc) is 2.78. The molecule has 1 aromatic rings. The molecule has 0 aliphatic carbocycles. The van der Waals surface area contributed by atoms with Crippen LogP contribution in [0.2, 0.25) is 6.32 Å². The fourth-order valence-electron chi connectivity index (χ4n) is 4.46. The summed E-state index contributed by atoms with van der Waals surface area (Å²) < 4.78 is 1.42. The third kappa shape index (κ3) is 16.7. The summed E-state index contributed by atoms with van der Waals surface area (Å²) in [6.07, 6.45) is 14.8. The van der Waals surface area contributed by atoms with Gasteiger partial charge in [-0.2, -0.15) is 0 Å². The van der Waals surface area contributed by atoms with E-state index in [2.05, 4.69) is 86.9 Å². The first-order chi connectivity index (χ1) is 15.3. The summed E-state index contributed by atoms with van der Waals surface area (Å²) in [7, 11) is 2.38. The molecule has 0 bridgehead atoms. The normalized spacial score (nSPS) is 10.9. The van der Waals surface area contributed by atoms with Gasteiger partial charge in [0, 0.05) is 0 Å². The quantitative estimate of drug-likeness (QED) is 0.137. The summed E-state index contributed by atoms with van der Waals surface area (Å²) in [6.45, 7) is 24.1. The third-order valence-electron chi connectivity index (χ3n) is 6.63. The van der Waals surface area contributed by atoms with Gasteiger partial charge in [0.05, 0.1) is 26.2 Å². The maximum Gasteiger partial charge on any atom is 0.0786 e. The Morgan fingerprint density at radius 1 is 0.618 bits per heavy atom.